The number of rotatable bonds is 8. The highest BCUT2D eigenvalue weighted by Gasteiger charge is 2.24. The first kappa shape index (κ1) is 19.1. The number of urea groups is 1. The smallest absolute Gasteiger partial charge is 0.323 e. The monoisotopic (exact) mass is 388 g/mol. The third-order valence-corrected chi connectivity index (χ3v) is 5.27. The van der Waals surface area contributed by atoms with Crippen LogP contribution < -0.4 is 20.4 Å². The topological polar surface area (TPSA) is 90.5 Å². The van der Waals surface area contributed by atoms with E-state index in [1.807, 2.05) is 17.5 Å². The summed E-state index contributed by atoms with van der Waals surface area (Å²) in [7, 11) is 0. The summed E-state index contributed by atoms with van der Waals surface area (Å²) in [6.45, 7) is 7.67. The lowest BCUT2D eigenvalue weighted by molar-refractivity contribution is -0.120. The van der Waals surface area contributed by atoms with E-state index in [1.165, 1.54) is 11.3 Å². The van der Waals surface area contributed by atoms with E-state index in [2.05, 4.69) is 39.3 Å². The Hall–Kier alpha value is -2.68. The highest BCUT2D eigenvalue weighted by molar-refractivity contribution is 7.14. The van der Waals surface area contributed by atoms with E-state index in [9.17, 15) is 9.59 Å². The number of pyridine rings is 1. The number of nitrogens with zero attached hydrogens (tertiary/aromatic N) is 4. The lowest BCUT2D eigenvalue weighted by Crippen LogP contribution is -2.28. The van der Waals surface area contributed by atoms with Gasteiger partial charge in [-0.1, -0.05) is 6.07 Å². The van der Waals surface area contributed by atoms with Crippen LogP contribution >= 0.6 is 11.3 Å². The summed E-state index contributed by atoms with van der Waals surface area (Å²) in [5.41, 5.74) is 1.62. The molecule has 3 rings (SSSR count). The molecule has 0 aliphatic carbocycles. The Balaban J connectivity index is 1.50. The zero-order valence-corrected chi connectivity index (χ0v) is 16.4. The van der Waals surface area contributed by atoms with Crippen LogP contribution in [-0.4, -0.2) is 48.1 Å². The van der Waals surface area contributed by atoms with Gasteiger partial charge in [0.05, 0.1) is 12.1 Å². The Bertz CT molecular complexity index is 787. The van der Waals surface area contributed by atoms with Crippen molar-refractivity contribution in [1.29, 1.82) is 0 Å². The molecule has 2 aromatic rings. The van der Waals surface area contributed by atoms with Crippen LogP contribution in [0.25, 0.3) is 0 Å². The lowest BCUT2D eigenvalue weighted by atomic mass is 10.2. The number of nitrogens with one attached hydrogen (secondary N) is 2. The van der Waals surface area contributed by atoms with Crippen LogP contribution in [0.1, 0.15) is 25.1 Å². The molecule has 1 aliphatic heterocycles. The predicted molar refractivity (Wildman–Crippen MR) is 106 cm³/mol. The average Bonchev–Trinajstić information content (AvgIpc) is 3.30. The molecule has 0 spiro atoms. The zero-order chi connectivity index (χ0) is 19.2. The standard InChI is InChI=1S/C18H24N6O2S/c1-3-23(4-2)15-6-5-13(10-20-15)11-21-16(25)9-14-12-27-18(22-14)24-8-7-19-17(24)26/h5-6,10,12H,3-4,7-9,11H2,1-2H3,(H,19,26)(H,21,25). The van der Waals surface area contributed by atoms with E-state index in [-0.39, 0.29) is 18.4 Å². The number of carbonyl (C=O) groups is 2. The Morgan fingerprint density at radius 2 is 2.19 bits per heavy atom. The Labute approximate surface area is 162 Å². The molecule has 0 saturated carbocycles. The molecule has 1 saturated heterocycles. The van der Waals surface area contributed by atoms with Gasteiger partial charge in [-0.25, -0.2) is 14.8 Å². The highest BCUT2D eigenvalue weighted by Crippen LogP contribution is 2.22. The summed E-state index contributed by atoms with van der Waals surface area (Å²) in [5, 5.41) is 8.08. The van der Waals surface area contributed by atoms with Crippen LogP contribution in [0.5, 0.6) is 0 Å². The number of carbonyl (C=O) groups excluding carboxylic acids is 2. The van der Waals surface area contributed by atoms with Gasteiger partial charge in [0.1, 0.15) is 5.82 Å². The van der Waals surface area contributed by atoms with Crippen molar-refractivity contribution in [3.05, 3.63) is 35.0 Å². The largest absolute Gasteiger partial charge is 0.357 e. The minimum atomic E-state index is -0.138. The van der Waals surface area contributed by atoms with Gasteiger partial charge in [-0.05, 0) is 25.5 Å². The van der Waals surface area contributed by atoms with Crippen LogP contribution in [-0.2, 0) is 17.8 Å². The van der Waals surface area contributed by atoms with Gasteiger partial charge in [-0.3, -0.25) is 9.69 Å². The second kappa shape index (κ2) is 8.81. The van der Waals surface area contributed by atoms with Crippen LogP contribution in [0.2, 0.25) is 0 Å². The predicted octanol–water partition coefficient (Wildman–Crippen LogP) is 1.77. The van der Waals surface area contributed by atoms with Gasteiger partial charge in [-0.2, -0.15) is 0 Å². The third-order valence-electron chi connectivity index (χ3n) is 4.36. The molecule has 0 aromatic carbocycles. The van der Waals surface area contributed by atoms with Crippen molar-refractivity contribution < 1.29 is 9.59 Å². The van der Waals surface area contributed by atoms with Crippen molar-refractivity contribution in [3.8, 4) is 0 Å². The first-order valence-electron chi connectivity index (χ1n) is 9.07. The maximum Gasteiger partial charge on any atom is 0.323 e. The van der Waals surface area contributed by atoms with Crippen molar-refractivity contribution in [2.45, 2.75) is 26.8 Å². The van der Waals surface area contributed by atoms with Gasteiger partial charge in [0, 0.05) is 44.3 Å². The summed E-state index contributed by atoms with van der Waals surface area (Å²) in [4.78, 5) is 36.5. The van der Waals surface area contributed by atoms with Crippen molar-refractivity contribution >= 4 is 34.2 Å². The molecule has 2 aromatic heterocycles. The Kier molecular flexibility index (Phi) is 6.23. The molecule has 8 nitrogen and oxygen atoms in total. The van der Waals surface area contributed by atoms with Gasteiger partial charge >= 0.3 is 6.03 Å². The summed E-state index contributed by atoms with van der Waals surface area (Å²) >= 11 is 1.37. The Morgan fingerprint density at radius 1 is 1.37 bits per heavy atom. The fourth-order valence-corrected chi connectivity index (χ4v) is 3.69. The minimum Gasteiger partial charge on any atom is -0.357 e. The molecule has 0 radical (unpaired) electrons. The minimum absolute atomic E-state index is 0.106. The maximum atomic E-state index is 12.2. The fraction of sp³-hybridized carbons (Fsp3) is 0.444. The first-order valence-corrected chi connectivity index (χ1v) is 9.95. The van der Waals surface area contributed by atoms with Crippen LogP contribution in [0, 0.1) is 0 Å². The van der Waals surface area contributed by atoms with E-state index in [4.69, 9.17) is 0 Å². The summed E-state index contributed by atoms with van der Waals surface area (Å²) in [6, 6.07) is 3.82. The molecule has 3 heterocycles. The molecule has 1 aliphatic rings. The number of hydrogen-bond acceptors (Lipinski definition) is 6. The van der Waals surface area contributed by atoms with Gasteiger partial charge in [0.15, 0.2) is 5.13 Å². The van der Waals surface area contributed by atoms with Crippen molar-refractivity contribution in [1.82, 2.24) is 20.6 Å². The number of amides is 3. The third kappa shape index (κ3) is 4.73. The molecule has 9 heteroatoms. The number of anilines is 2. The Morgan fingerprint density at radius 3 is 2.81 bits per heavy atom. The fourth-order valence-electron chi connectivity index (χ4n) is 2.84. The molecule has 2 N–H and O–H groups in total. The number of thiazole rings is 1. The maximum absolute atomic E-state index is 12.2. The molecular formula is C18H24N6O2S. The van der Waals surface area contributed by atoms with Crippen molar-refractivity contribution in [2.24, 2.45) is 0 Å². The van der Waals surface area contributed by atoms with Gasteiger partial charge in [0.2, 0.25) is 5.91 Å². The second-order valence-electron chi connectivity index (χ2n) is 6.16. The highest BCUT2D eigenvalue weighted by atomic mass is 32.1. The zero-order valence-electron chi connectivity index (χ0n) is 15.6. The van der Waals surface area contributed by atoms with E-state index in [0.29, 0.717) is 30.5 Å². The molecule has 144 valence electrons. The molecule has 27 heavy (non-hydrogen) atoms. The van der Waals surface area contributed by atoms with Gasteiger partial charge in [0.25, 0.3) is 0 Å². The number of hydrogen-bond donors (Lipinski definition) is 2. The van der Waals surface area contributed by atoms with E-state index >= 15 is 0 Å². The van der Waals surface area contributed by atoms with Crippen LogP contribution in [0.4, 0.5) is 15.7 Å². The summed E-state index contributed by atoms with van der Waals surface area (Å²) in [5.74, 6) is 0.835. The quantitative estimate of drug-likeness (QED) is 0.719. The van der Waals surface area contributed by atoms with Crippen molar-refractivity contribution in [2.75, 3.05) is 36.0 Å². The SMILES string of the molecule is CCN(CC)c1ccc(CNC(=O)Cc2csc(N3CCNC3=O)n2)cn1. The van der Waals surface area contributed by atoms with E-state index in [0.717, 1.165) is 24.5 Å². The molecule has 3 amide bonds. The molecule has 1 fully saturated rings. The summed E-state index contributed by atoms with van der Waals surface area (Å²) in [6.07, 6.45) is 1.98. The average molecular weight is 388 g/mol. The van der Waals surface area contributed by atoms with Gasteiger partial charge in [-0.15, -0.1) is 11.3 Å². The molecular weight excluding hydrogens is 364 g/mol. The molecule has 0 bridgehead atoms. The second-order valence-corrected chi connectivity index (χ2v) is 6.99. The van der Waals surface area contributed by atoms with Crippen LogP contribution in [0.15, 0.2) is 23.7 Å². The normalized spacial score (nSPS) is 13.6. The molecule has 0 atom stereocenters. The van der Waals surface area contributed by atoms with E-state index < -0.39 is 0 Å². The van der Waals surface area contributed by atoms with Crippen LogP contribution in [0.3, 0.4) is 0 Å². The number of aromatic nitrogens is 2. The lowest BCUT2D eigenvalue weighted by Gasteiger charge is -2.19. The molecule has 0 unspecified atom stereocenters. The van der Waals surface area contributed by atoms with Crippen molar-refractivity contribution in [3.63, 3.8) is 0 Å². The van der Waals surface area contributed by atoms with Gasteiger partial charge < -0.3 is 15.5 Å². The first-order chi connectivity index (χ1) is 13.1. The van der Waals surface area contributed by atoms with E-state index in [1.54, 1.807) is 11.1 Å². The summed E-state index contributed by atoms with van der Waals surface area (Å²) < 4.78 is 0.